The van der Waals surface area contributed by atoms with E-state index in [1.54, 1.807) is 24.3 Å². The summed E-state index contributed by atoms with van der Waals surface area (Å²) in [5.41, 5.74) is 0.985. The highest BCUT2D eigenvalue weighted by atomic mass is 19.2. The molecule has 3 heteroatoms. The zero-order chi connectivity index (χ0) is 11.5. The number of hydrogen-bond acceptors (Lipinski definition) is 1. The molecule has 0 bridgehead atoms. The molecule has 0 saturated heterocycles. The first-order valence-corrected chi connectivity index (χ1v) is 4.86. The van der Waals surface area contributed by atoms with E-state index in [4.69, 9.17) is 0 Å². The van der Waals surface area contributed by atoms with Crippen LogP contribution in [-0.4, -0.2) is 5.11 Å². The Labute approximate surface area is 92.0 Å². The van der Waals surface area contributed by atoms with Crippen molar-refractivity contribution in [2.45, 2.75) is 6.10 Å². The fraction of sp³-hybridized carbons (Fsp3) is 0.0769. The van der Waals surface area contributed by atoms with E-state index >= 15 is 0 Å². The summed E-state index contributed by atoms with van der Waals surface area (Å²) in [6, 6.07) is 12.2. The average Bonchev–Trinajstić information content (AvgIpc) is 2.33. The Morgan fingerprint density at radius 2 is 1.50 bits per heavy atom. The smallest absolute Gasteiger partial charge is 0.159 e. The van der Waals surface area contributed by atoms with Gasteiger partial charge in [-0.05, 0) is 23.3 Å². The zero-order valence-electron chi connectivity index (χ0n) is 8.40. The summed E-state index contributed by atoms with van der Waals surface area (Å²) in [5, 5.41) is 9.92. The van der Waals surface area contributed by atoms with Crippen molar-refractivity contribution in [3.63, 3.8) is 0 Å². The van der Waals surface area contributed by atoms with E-state index < -0.39 is 17.7 Å². The van der Waals surface area contributed by atoms with Crippen molar-refractivity contribution in [1.82, 2.24) is 0 Å². The van der Waals surface area contributed by atoms with Gasteiger partial charge in [-0.1, -0.05) is 36.4 Å². The van der Waals surface area contributed by atoms with E-state index in [1.807, 2.05) is 6.07 Å². The summed E-state index contributed by atoms with van der Waals surface area (Å²) in [4.78, 5) is 0. The monoisotopic (exact) mass is 220 g/mol. The molecule has 0 radical (unpaired) electrons. The Morgan fingerprint density at radius 1 is 0.812 bits per heavy atom. The molecule has 0 amide bonds. The zero-order valence-corrected chi connectivity index (χ0v) is 8.40. The molecule has 2 aromatic carbocycles. The summed E-state index contributed by atoms with van der Waals surface area (Å²) >= 11 is 0. The number of hydrogen-bond donors (Lipinski definition) is 1. The van der Waals surface area contributed by atoms with Crippen LogP contribution in [0.3, 0.4) is 0 Å². The predicted octanol–water partition coefficient (Wildman–Crippen LogP) is 3.05. The van der Waals surface area contributed by atoms with Crippen LogP contribution in [0, 0.1) is 11.6 Å². The minimum absolute atomic E-state index is 0.338. The van der Waals surface area contributed by atoms with Gasteiger partial charge < -0.3 is 5.11 Å². The second-order valence-corrected chi connectivity index (χ2v) is 3.49. The lowest BCUT2D eigenvalue weighted by molar-refractivity contribution is 0.219. The molecule has 0 saturated carbocycles. The molecule has 1 atom stereocenters. The van der Waals surface area contributed by atoms with E-state index in [1.165, 1.54) is 6.07 Å². The molecule has 2 rings (SSSR count). The summed E-state index contributed by atoms with van der Waals surface area (Å²) in [5.74, 6) is -1.86. The molecule has 2 aromatic rings. The quantitative estimate of drug-likeness (QED) is 0.824. The molecule has 82 valence electrons. The number of rotatable bonds is 2. The topological polar surface area (TPSA) is 20.2 Å². The molecular formula is C13H10F2O. The van der Waals surface area contributed by atoms with Crippen molar-refractivity contribution in [3.8, 4) is 0 Å². The average molecular weight is 220 g/mol. The molecule has 0 fully saturated rings. The van der Waals surface area contributed by atoms with E-state index in [2.05, 4.69) is 0 Å². The maximum Gasteiger partial charge on any atom is 0.159 e. The van der Waals surface area contributed by atoms with Gasteiger partial charge in [-0.3, -0.25) is 0 Å². The molecule has 0 aliphatic rings. The second-order valence-electron chi connectivity index (χ2n) is 3.49. The highest BCUT2D eigenvalue weighted by Gasteiger charge is 2.12. The van der Waals surface area contributed by atoms with Crippen molar-refractivity contribution in [2.24, 2.45) is 0 Å². The van der Waals surface area contributed by atoms with Crippen molar-refractivity contribution in [2.75, 3.05) is 0 Å². The maximum atomic E-state index is 13.0. The summed E-state index contributed by atoms with van der Waals surface area (Å²) < 4.78 is 25.7. The molecule has 16 heavy (non-hydrogen) atoms. The molecular weight excluding hydrogens is 210 g/mol. The van der Waals surface area contributed by atoms with E-state index in [-0.39, 0.29) is 0 Å². The third kappa shape index (κ3) is 2.09. The normalized spacial score (nSPS) is 12.4. The number of aliphatic hydroxyl groups excluding tert-OH is 1. The van der Waals surface area contributed by atoms with Gasteiger partial charge in [0.05, 0.1) is 0 Å². The van der Waals surface area contributed by atoms with Crippen LogP contribution in [0.25, 0.3) is 0 Å². The third-order valence-electron chi connectivity index (χ3n) is 2.37. The fourth-order valence-electron chi connectivity index (χ4n) is 1.51. The summed E-state index contributed by atoms with van der Waals surface area (Å²) in [6.45, 7) is 0. The largest absolute Gasteiger partial charge is 0.384 e. The van der Waals surface area contributed by atoms with Gasteiger partial charge in [-0.25, -0.2) is 8.78 Å². The van der Waals surface area contributed by atoms with Gasteiger partial charge in [0, 0.05) is 0 Å². The molecule has 1 N–H and O–H groups in total. The van der Waals surface area contributed by atoms with Crippen LogP contribution in [0.4, 0.5) is 8.78 Å². The first-order chi connectivity index (χ1) is 7.68. The Kier molecular flexibility index (Phi) is 2.97. The van der Waals surface area contributed by atoms with Crippen molar-refractivity contribution >= 4 is 0 Å². The van der Waals surface area contributed by atoms with Crippen molar-refractivity contribution in [3.05, 3.63) is 71.3 Å². The lowest BCUT2D eigenvalue weighted by Crippen LogP contribution is -2.00. The number of aliphatic hydroxyl groups is 1. The maximum absolute atomic E-state index is 13.0. The lowest BCUT2D eigenvalue weighted by atomic mass is 10.0. The first-order valence-electron chi connectivity index (χ1n) is 4.86. The van der Waals surface area contributed by atoms with Crippen LogP contribution in [0.1, 0.15) is 17.2 Å². The highest BCUT2D eigenvalue weighted by molar-refractivity contribution is 5.30. The highest BCUT2D eigenvalue weighted by Crippen LogP contribution is 2.22. The Balaban J connectivity index is 2.34. The summed E-state index contributed by atoms with van der Waals surface area (Å²) in [7, 11) is 0. The van der Waals surface area contributed by atoms with Gasteiger partial charge in [-0.15, -0.1) is 0 Å². The predicted molar refractivity (Wildman–Crippen MR) is 56.9 cm³/mol. The third-order valence-corrected chi connectivity index (χ3v) is 2.37. The fourth-order valence-corrected chi connectivity index (χ4v) is 1.51. The van der Waals surface area contributed by atoms with Crippen molar-refractivity contribution < 1.29 is 13.9 Å². The lowest BCUT2D eigenvalue weighted by Gasteiger charge is -2.11. The van der Waals surface area contributed by atoms with Gasteiger partial charge in [-0.2, -0.15) is 0 Å². The molecule has 0 aliphatic heterocycles. The standard InChI is InChI=1S/C13H10F2O/c14-11-7-6-10(8-12(11)15)13(16)9-4-2-1-3-5-9/h1-8,13,16H/t13-/m1/s1. The van der Waals surface area contributed by atoms with Gasteiger partial charge in [0.1, 0.15) is 6.10 Å². The van der Waals surface area contributed by atoms with Crippen molar-refractivity contribution in [1.29, 1.82) is 0 Å². The minimum atomic E-state index is -0.951. The second kappa shape index (κ2) is 4.41. The Bertz CT molecular complexity index is 483. The number of halogens is 2. The molecule has 0 aliphatic carbocycles. The Morgan fingerprint density at radius 3 is 2.12 bits per heavy atom. The minimum Gasteiger partial charge on any atom is -0.384 e. The van der Waals surface area contributed by atoms with E-state index in [0.717, 1.165) is 12.1 Å². The molecule has 0 heterocycles. The molecule has 1 nitrogen and oxygen atoms in total. The van der Waals surface area contributed by atoms with Gasteiger partial charge in [0.2, 0.25) is 0 Å². The SMILES string of the molecule is O[C@H](c1ccccc1)c1ccc(F)c(F)c1. The van der Waals surface area contributed by atoms with Crippen LogP contribution in [0.5, 0.6) is 0 Å². The number of benzene rings is 2. The first kappa shape index (κ1) is 10.8. The molecule has 0 spiro atoms. The molecule has 0 aromatic heterocycles. The van der Waals surface area contributed by atoms with Crippen LogP contribution in [0.15, 0.2) is 48.5 Å². The molecule has 0 unspecified atom stereocenters. The summed E-state index contributed by atoms with van der Waals surface area (Å²) in [6.07, 6.45) is -0.934. The van der Waals surface area contributed by atoms with Gasteiger partial charge in [0.15, 0.2) is 11.6 Å². The van der Waals surface area contributed by atoms with E-state index in [9.17, 15) is 13.9 Å². The van der Waals surface area contributed by atoms with Crippen LogP contribution < -0.4 is 0 Å². The van der Waals surface area contributed by atoms with E-state index in [0.29, 0.717) is 11.1 Å². The van der Waals surface area contributed by atoms with Gasteiger partial charge in [0.25, 0.3) is 0 Å². The van der Waals surface area contributed by atoms with Gasteiger partial charge >= 0.3 is 0 Å². The Hall–Kier alpha value is -1.74. The van der Waals surface area contributed by atoms with Crippen LogP contribution in [0.2, 0.25) is 0 Å². The van der Waals surface area contributed by atoms with Crippen LogP contribution in [-0.2, 0) is 0 Å². The van der Waals surface area contributed by atoms with Crippen LogP contribution >= 0.6 is 0 Å².